The Labute approximate surface area is 156 Å². The number of anilines is 2. The summed E-state index contributed by atoms with van der Waals surface area (Å²) in [4.78, 5) is 22.6. The number of carbonyl (C=O) groups excluding carboxylic acids is 1. The van der Waals surface area contributed by atoms with E-state index in [0.717, 1.165) is 18.9 Å². The number of hydrogen-bond donors (Lipinski definition) is 3. The molecule has 3 N–H and O–H groups in total. The highest BCUT2D eigenvalue weighted by atomic mass is 32.2. The summed E-state index contributed by atoms with van der Waals surface area (Å²) in [7, 11) is -2.78. The molecule has 8 nitrogen and oxygen atoms in total. The number of carboxylic acid groups (broad SMARTS) is 1. The van der Waals surface area contributed by atoms with Gasteiger partial charge in [0.05, 0.1) is 12.7 Å². The van der Waals surface area contributed by atoms with Crippen LogP contribution in [0, 0.1) is 5.92 Å². The maximum atomic E-state index is 12.7. The molecule has 1 saturated carbocycles. The predicted molar refractivity (Wildman–Crippen MR) is 98.6 cm³/mol. The van der Waals surface area contributed by atoms with Gasteiger partial charge in [0, 0.05) is 17.3 Å². The molecule has 1 fully saturated rings. The monoisotopic (exact) mass is 390 g/mol. The van der Waals surface area contributed by atoms with Gasteiger partial charge in [-0.3, -0.25) is 9.52 Å². The van der Waals surface area contributed by atoms with E-state index in [1.54, 1.807) is 12.1 Å². The smallest absolute Gasteiger partial charge is 0.335 e. The molecule has 27 heavy (non-hydrogen) atoms. The van der Waals surface area contributed by atoms with Crippen molar-refractivity contribution in [2.75, 3.05) is 17.1 Å². The van der Waals surface area contributed by atoms with Crippen molar-refractivity contribution in [1.29, 1.82) is 0 Å². The summed E-state index contributed by atoms with van der Waals surface area (Å²) in [5.74, 6) is -1.19. The molecule has 0 aromatic heterocycles. The van der Waals surface area contributed by atoms with E-state index in [2.05, 4.69) is 10.0 Å². The Bertz CT molecular complexity index is 981. The van der Waals surface area contributed by atoms with E-state index in [9.17, 15) is 18.0 Å². The van der Waals surface area contributed by atoms with E-state index < -0.39 is 16.0 Å². The second-order valence-electron chi connectivity index (χ2n) is 6.12. The fourth-order valence-corrected chi connectivity index (χ4v) is 3.70. The van der Waals surface area contributed by atoms with Crippen molar-refractivity contribution >= 4 is 33.3 Å². The first-order valence-corrected chi connectivity index (χ1v) is 9.63. The number of benzene rings is 2. The Morgan fingerprint density at radius 3 is 2.26 bits per heavy atom. The molecule has 0 saturated heterocycles. The van der Waals surface area contributed by atoms with Gasteiger partial charge in [-0.25, -0.2) is 13.2 Å². The van der Waals surface area contributed by atoms with Gasteiger partial charge in [-0.2, -0.15) is 0 Å². The lowest BCUT2D eigenvalue weighted by Crippen LogP contribution is -2.15. The third-order valence-electron chi connectivity index (χ3n) is 4.05. The number of hydrogen-bond acceptors (Lipinski definition) is 5. The van der Waals surface area contributed by atoms with E-state index in [1.165, 1.54) is 31.4 Å². The molecule has 0 bridgehead atoms. The van der Waals surface area contributed by atoms with Crippen molar-refractivity contribution in [3.05, 3.63) is 48.0 Å². The number of amides is 1. The zero-order valence-corrected chi connectivity index (χ0v) is 15.2. The Morgan fingerprint density at radius 2 is 1.70 bits per heavy atom. The number of carboxylic acids is 1. The molecule has 1 aliphatic rings. The average molecular weight is 390 g/mol. The fourth-order valence-electron chi connectivity index (χ4n) is 2.44. The summed E-state index contributed by atoms with van der Waals surface area (Å²) >= 11 is 0. The number of carbonyl (C=O) groups is 2. The molecule has 0 aliphatic heterocycles. The van der Waals surface area contributed by atoms with Crippen LogP contribution in [0.5, 0.6) is 5.75 Å². The first-order valence-electron chi connectivity index (χ1n) is 8.15. The summed E-state index contributed by atoms with van der Waals surface area (Å²) in [6.07, 6.45) is 1.78. The first kappa shape index (κ1) is 18.7. The lowest BCUT2D eigenvalue weighted by Gasteiger charge is -2.13. The predicted octanol–water partition coefficient (Wildman–Crippen LogP) is 2.54. The molecular weight excluding hydrogens is 372 g/mol. The van der Waals surface area contributed by atoms with Crippen LogP contribution in [0.1, 0.15) is 23.2 Å². The average Bonchev–Trinajstić information content (AvgIpc) is 3.47. The van der Waals surface area contributed by atoms with E-state index in [0.29, 0.717) is 5.69 Å². The molecule has 0 unspecified atom stereocenters. The number of sulfonamides is 1. The van der Waals surface area contributed by atoms with E-state index >= 15 is 0 Å². The van der Waals surface area contributed by atoms with Gasteiger partial charge >= 0.3 is 5.97 Å². The summed E-state index contributed by atoms with van der Waals surface area (Å²) in [6.45, 7) is 0. The van der Waals surface area contributed by atoms with Crippen LogP contribution in [-0.4, -0.2) is 32.5 Å². The second kappa shape index (κ2) is 7.28. The van der Waals surface area contributed by atoms with Gasteiger partial charge in [-0.05, 0) is 55.3 Å². The molecule has 2 aromatic rings. The van der Waals surface area contributed by atoms with Crippen molar-refractivity contribution in [3.8, 4) is 5.75 Å². The van der Waals surface area contributed by atoms with Gasteiger partial charge in [0.15, 0.2) is 0 Å². The molecule has 1 aliphatic carbocycles. The van der Waals surface area contributed by atoms with E-state index in [1.807, 2.05) is 0 Å². The topological polar surface area (TPSA) is 122 Å². The quantitative estimate of drug-likeness (QED) is 0.668. The zero-order chi connectivity index (χ0) is 19.6. The fraction of sp³-hybridized carbons (Fsp3) is 0.222. The van der Waals surface area contributed by atoms with Gasteiger partial charge in [-0.15, -0.1) is 0 Å². The molecule has 9 heteroatoms. The highest BCUT2D eigenvalue weighted by Crippen LogP contribution is 2.31. The maximum Gasteiger partial charge on any atom is 0.335 e. The third-order valence-corrected chi connectivity index (χ3v) is 5.46. The summed E-state index contributed by atoms with van der Waals surface area (Å²) in [6, 6.07) is 9.77. The summed E-state index contributed by atoms with van der Waals surface area (Å²) in [5, 5.41) is 11.8. The standard InChI is InChI=1S/C18H18N2O6S/c1-26-15-9-4-12(18(22)23)10-16(15)27(24,25)20-14-7-5-13(6-8-14)19-17(21)11-2-3-11/h4-11,20H,2-3H2,1H3,(H,19,21)(H,22,23). The Kier molecular flexibility index (Phi) is 5.04. The van der Waals surface area contributed by atoms with Crippen molar-refractivity contribution < 1.29 is 27.9 Å². The lowest BCUT2D eigenvalue weighted by molar-refractivity contribution is -0.117. The van der Waals surface area contributed by atoms with Crippen molar-refractivity contribution in [2.45, 2.75) is 17.7 Å². The second-order valence-corrected chi connectivity index (χ2v) is 7.77. The van der Waals surface area contributed by atoms with Crippen LogP contribution in [0.2, 0.25) is 0 Å². The minimum Gasteiger partial charge on any atom is -0.495 e. The first-order chi connectivity index (χ1) is 12.8. The zero-order valence-electron chi connectivity index (χ0n) is 14.4. The van der Waals surface area contributed by atoms with Gasteiger partial charge in [-0.1, -0.05) is 0 Å². The van der Waals surface area contributed by atoms with Gasteiger partial charge in [0.1, 0.15) is 10.6 Å². The third kappa shape index (κ3) is 4.37. The molecular formula is C18H18N2O6S. The van der Waals surface area contributed by atoms with Gasteiger partial charge < -0.3 is 15.2 Å². The molecule has 0 atom stereocenters. The molecule has 2 aromatic carbocycles. The summed E-state index contributed by atoms with van der Waals surface area (Å²) in [5.41, 5.74) is 0.664. The van der Waals surface area contributed by atoms with Crippen LogP contribution in [-0.2, 0) is 14.8 Å². The Balaban J connectivity index is 1.80. The van der Waals surface area contributed by atoms with Crippen LogP contribution in [0.25, 0.3) is 0 Å². The van der Waals surface area contributed by atoms with Crippen molar-refractivity contribution in [2.24, 2.45) is 5.92 Å². The van der Waals surface area contributed by atoms with Gasteiger partial charge in [0.2, 0.25) is 5.91 Å². The van der Waals surface area contributed by atoms with Crippen molar-refractivity contribution in [1.82, 2.24) is 0 Å². The highest BCUT2D eigenvalue weighted by molar-refractivity contribution is 7.92. The van der Waals surface area contributed by atoms with Gasteiger partial charge in [0.25, 0.3) is 10.0 Å². The van der Waals surface area contributed by atoms with E-state index in [4.69, 9.17) is 9.84 Å². The minimum atomic E-state index is -4.08. The number of methoxy groups -OCH3 is 1. The Morgan fingerprint density at radius 1 is 1.07 bits per heavy atom. The highest BCUT2D eigenvalue weighted by Gasteiger charge is 2.29. The number of aromatic carboxylic acids is 1. The maximum absolute atomic E-state index is 12.7. The SMILES string of the molecule is COc1ccc(C(=O)O)cc1S(=O)(=O)Nc1ccc(NC(=O)C2CC2)cc1. The number of nitrogens with one attached hydrogen (secondary N) is 2. The van der Waals surface area contributed by atoms with E-state index in [-0.39, 0.29) is 33.7 Å². The molecule has 1 amide bonds. The van der Waals surface area contributed by atoms with Crippen molar-refractivity contribution in [3.63, 3.8) is 0 Å². The molecule has 0 spiro atoms. The number of rotatable bonds is 7. The number of ether oxygens (including phenoxy) is 1. The normalized spacial score (nSPS) is 13.7. The van der Waals surface area contributed by atoms with Crippen LogP contribution in [0.15, 0.2) is 47.4 Å². The van der Waals surface area contributed by atoms with Crippen LogP contribution in [0.3, 0.4) is 0 Å². The summed E-state index contributed by atoms with van der Waals surface area (Å²) < 4.78 is 32.7. The Hall–Kier alpha value is -3.07. The molecule has 142 valence electrons. The van der Waals surface area contributed by atoms with Crippen LogP contribution >= 0.6 is 0 Å². The lowest BCUT2D eigenvalue weighted by atomic mass is 10.2. The molecule has 3 rings (SSSR count). The van der Waals surface area contributed by atoms with Crippen LogP contribution in [0.4, 0.5) is 11.4 Å². The van der Waals surface area contributed by atoms with Crippen LogP contribution < -0.4 is 14.8 Å². The minimum absolute atomic E-state index is 0.0285. The largest absolute Gasteiger partial charge is 0.495 e. The molecule has 0 radical (unpaired) electrons. The molecule has 0 heterocycles.